The lowest BCUT2D eigenvalue weighted by Gasteiger charge is -2.24. The number of rotatable bonds is 5. The normalized spacial score (nSPS) is 16.4. The highest BCUT2D eigenvalue weighted by Crippen LogP contribution is 2.36. The number of benzene rings is 3. The van der Waals surface area contributed by atoms with Crippen LogP contribution < -0.4 is 9.75 Å². The maximum Gasteiger partial charge on any atom is 0.119 e. The molecule has 1 aliphatic heterocycles. The maximum atomic E-state index is 6.27. The van der Waals surface area contributed by atoms with Gasteiger partial charge in [-0.3, -0.25) is 5.01 Å². The molecule has 1 unspecified atom stereocenters. The van der Waals surface area contributed by atoms with E-state index in [-0.39, 0.29) is 6.04 Å². The number of nitrogens with zero attached hydrogens (tertiary/aromatic N) is 2. The molecular weight excluding hydrogens is 368 g/mol. The van der Waals surface area contributed by atoms with Gasteiger partial charge in [0.25, 0.3) is 0 Å². The van der Waals surface area contributed by atoms with Gasteiger partial charge >= 0.3 is 0 Å². The van der Waals surface area contributed by atoms with Crippen molar-refractivity contribution >= 4 is 29.1 Å². The Balaban J connectivity index is 1.65. The van der Waals surface area contributed by atoms with Crippen molar-refractivity contribution < 1.29 is 4.74 Å². The minimum atomic E-state index is 0.153. The third-order valence-corrected chi connectivity index (χ3v) is 5.16. The predicted octanol–water partition coefficient (Wildman–Crippen LogP) is 6.37. The van der Waals surface area contributed by atoms with Crippen LogP contribution in [0.25, 0.3) is 6.08 Å². The summed E-state index contributed by atoms with van der Waals surface area (Å²) in [7, 11) is 1.67. The van der Waals surface area contributed by atoms with E-state index >= 15 is 0 Å². The molecule has 4 rings (SSSR count). The van der Waals surface area contributed by atoms with Crippen molar-refractivity contribution in [2.75, 3.05) is 12.1 Å². The first-order valence-electron chi connectivity index (χ1n) is 9.23. The molecule has 0 N–H and O–H groups in total. The third kappa shape index (κ3) is 3.95. The molecule has 0 amide bonds. The van der Waals surface area contributed by atoms with E-state index in [0.717, 1.165) is 34.2 Å². The number of ether oxygens (including phenoxy) is 1. The zero-order valence-corrected chi connectivity index (χ0v) is 16.4. The van der Waals surface area contributed by atoms with Crippen LogP contribution in [0, 0.1) is 0 Å². The number of allylic oxidation sites excluding steroid dienone is 1. The summed E-state index contributed by atoms with van der Waals surface area (Å²) in [5.74, 6) is 0.835. The predicted molar refractivity (Wildman–Crippen MR) is 117 cm³/mol. The fraction of sp³-hybridized carbons (Fsp3) is 0.125. The van der Waals surface area contributed by atoms with Gasteiger partial charge in [0.05, 0.1) is 24.6 Å². The quantitative estimate of drug-likeness (QED) is 0.507. The smallest absolute Gasteiger partial charge is 0.119 e. The summed E-state index contributed by atoms with van der Waals surface area (Å²) in [4.78, 5) is 0. The molecule has 0 bridgehead atoms. The molecule has 0 aromatic heterocycles. The van der Waals surface area contributed by atoms with Gasteiger partial charge in [0.15, 0.2) is 0 Å². The van der Waals surface area contributed by atoms with E-state index in [4.69, 9.17) is 21.4 Å². The molecule has 0 radical (unpaired) electrons. The first kappa shape index (κ1) is 18.3. The molecule has 0 fully saturated rings. The number of anilines is 1. The minimum absolute atomic E-state index is 0.153. The Morgan fingerprint density at radius 2 is 1.64 bits per heavy atom. The van der Waals surface area contributed by atoms with Gasteiger partial charge in [-0.25, -0.2) is 0 Å². The molecule has 3 aromatic carbocycles. The van der Waals surface area contributed by atoms with Gasteiger partial charge in [-0.15, -0.1) is 0 Å². The molecule has 3 nitrogen and oxygen atoms in total. The number of halogens is 1. The Kier molecular flexibility index (Phi) is 5.45. The lowest BCUT2D eigenvalue weighted by Crippen LogP contribution is -2.18. The Hall–Kier alpha value is -3.04. The van der Waals surface area contributed by atoms with Crippen LogP contribution in [0.5, 0.6) is 5.75 Å². The van der Waals surface area contributed by atoms with Crippen LogP contribution in [-0.2, 0) is 0 Å². The van der Waals surface area contributed by atoms with Gasteiger partial charge in [0.2, 0.25) is 0 Å². The number of hydrogen-bond acceptors (Lipinski definition) is 3. The van der Waals surface area contributed by atoms with Crippen molar-refractivity contribution in [1.82, 2.24) is 0 Å². The second kappa shape index (κ2) is 8.32. The Morgan fingerprint density at radius 1 is 0.929 bits per heavy atom. The highest BCUT2D eigenvalue weighted by atomic mass is 35.5. The van der Waals surface area contributed by atoms with E-state index in [1.54, 1.807) is 7.11 Å². The zero-order chi connectivity index (χ0) is 19.3. The summed E-state index contributed by atoms with van der Waals surface area (Å²) in [5, 5.41) is 7.72. The topological polar surface area (TPSA) is 24.8 Å². The van der Waals surface area contributed by atoms with E-state index in [9.17, 15) is 0 Å². The van der Waals surface area contributed by atoms with Gasteiger partial charge in [-0.05, 0) is 47.5 Å². The summed E-state index contributed by atoms with van der Waals surface area (Å²) < 4.78 is 5.29. The molecule has 0 saturated carbocycles. The molecule has 140 valence electrons. The van der Waals surface area contributed by atoms with Gasteiger partial charge < -0.3 is 4.74 Å². The Labute approximate surface area is 170 Å². The molecule has 3 aromatic rings. The van der Waals surface area contributed by atoms with Crippen molar-refractivity contribution in [1.29, 1.82) is 0 Å². The van der Waals surface area contributed by atoms with Gasteiger partial charge in [-0.1, -0.05) is 66.2 Å². The molecule has 4 heteroatoms. The number of methoxy groups -OCH3 is 1. The van der Waals surface area contributed by atoms with Crippen LogP contribution in [-0.4, -0.2) is 12.8 Å². The largest absolute Gasteiger partial charge is 0.497 e. The highest BCUT2D eigenvalue weighted by Gasteiger charge is 2.28. The lowest BCUT2D eigenvalue weighted by atomic mass is 10.0. The average Bonchev–Trinajstić information content (AvgIpc) is 3.18. The third-order valence-electron chi connectivity index (χ3n) is 4.82. The van der Waals surface area contributed by atoms with E-state index in [1.807, 2.05) is 60.7 Å². The van der Waals surface area contributed by atoms with Crippen LogP contribution >= 0.6 is 11.6 Å². The van der Waals surface area contributed by atoms with Gasteiger partial charge in [0, 0.05) is 11.4 Å². The van der Waals surface area contributed by atoms with Crippen LogP contribution in [0.2, 0.25) is 5.02 Å². The van der Waals surface area contributed by atoms with Crippen LogP contribution in [0.3, 0.4) is 0 Å². The summed E-state index contributed by atoms with van der Waals surface area (Å²) >= 11 is 6.27. The maximum absolute atomic E-state index is 6.27. The Bertz CT molecular complexity index is 997. The molecule has 1 atom stereocenters. The highest BCUT2D eigenvalue weighted by molar-refractivity contribution is 6.32. The second-order valence-electron chi connectivity index (χ2n) is 6.62. The molecule has 1 heterocycles. The summed E-state index contributed by atoms with van der Waals surface area (Å²) in [5.41, 5.74) is 4.29. The average molecular weight is 389 g/mol. The molecule has 0 saturated heterocycles. The second-order valence-corrected chi connectivity index (χ2v) is 7.03. The number of hydrazone groups is 1. The Morgan fingerprint density at radius 3 is 2.36 bits per heavy atom. The van der Waals surface area contributed by atoms with Crippen LogP contribution in [0.1, 0.15) is 23.6 Å². The standard InChI is InChI=1S/C24H21ClN2O/c1-28-22-15-13-21(14-16-22)27-24(19-8-3-2-4-9-19)17-20(26-27)12-11-18-7-5-6-10-23(18)25/h2-16,24H,17H2,1H3. The minimum Gasteiger partial charge on any atom is -0.497 e. The molecular formula is C24H21ClN2O. The number of hydrogen-bond donors (Lipinski definition) is 0. The van der Waals surface area contributed by atoms with Crippen molar-refractivity contribution in [3.05, 3.63) is 101 Å². The molecule has 28 heavy (non-hydrogen) atoms. The van der Waals surface area contributed by atoms with E-state index in [0.29, 0.717) is 0 Å². The molecule has 0 aliphatic carbocycles. The lowest BCUT2D eigenvalue weighted by molar-refractivity contribution is 0.415. The van der Waals surface area contributed by atoms with E-state index in [1.165, 1.54) is 5.56 Å². The monoisotopic (exact) mass is 388 g/mol. The van der Waals surface area contributed by atoms with Crippen molar-refractivity contribution in [2.45, 2.75) is 12.5 Å². The first-order chi connectivity index (χ1) is 13.7. The summed E-state index contributed by atoms with van der Waals surface area (Å²) in [6.07, 6.45) is 4.92. The van der Waals surface area contributed by atoms with E-state index < -0.39 is 0 Å². The molecule has 0 spiro atoms. The summed E-state index contributed by atoms with van der Waals surface area (Å²) in [6.45, 7) is 0. The summed E-state index contributed by atoms with van der Waals surface area (Å²) in [6, 6.07) is 26.5. The first-order valence-corrected chi connectivity index (χ1v) is 9.61. The SMILES string of the molecule is COc1ccc(N2N=C(C=Cc3ccccc3Cl)CC2c2ccccc2)cc1. The van der Waals surface area contributed by atoms with Crippen LogP contribution in [0.4, 0.5) is 5.69 Å². The fourth-order valence-corrected chi connectivity index (χ4v) is 3.54. The van der Waals surface area contributed by atoms with Crippen molar-refractivity contribution in [3.8, 4) is 5.75 Å². The van der Waals surface area contributed by atoms with Crippen LogP contribution in [0.15, 0.2) is 90.0 Å². The molecule has 1 aliphatic rings. The zero-order valence-electron chi connectivity index (χ0n) is 15.6. The van der Waals surface area contributed by atoms with Crippen molar-refractivity contribution in [3.63, 3.8) is 0 Å². The van der Waals surface area contributed by atoms with Gasteiger partial charge in [-0.2, -0.15) is 5.10 Å². The fourth-order valence-electron chi connectivity index (χ4n) is 3.34. The van der Waals surface area contributed by atoms with Crippen molar-refractivity contribution in [2.24, 2.45) is 5.10 Å². The van der Waals surface area contributed by atoms with Gasteiger partial charge in [0.1, 0.15) is 5.75 Å². The van der Waals surface area contributed by atoms with E-state index in [2.05, 4.69) is 35.4 Å².